The van der Waals surface area contributed by atoms with Crippen molar-refractivity contribution in [1.82, 2.24) is 0 Å². The number of carbonyl (C=O) groups excluding carboxylic acids is 1. The van der Waals surface area contributed by atoms with Gasteiger partial charge in [-0.3, -0.25) is 14.9 Å². The van der Waals surface area contributed by atoms with Crippen LogP contribution in [0.1, 0.15) is 11.1 Å². The molecule has 0 aliphatic rings. The third-order valence-corrected chi connectivity index (χ3v) is 5.10. The van der Waals surface area contributed by atoms with Gasteiger partial charge < -0.3 is 5.32 Å². The largest absolute Gasteiger partial charge is 0.325 e. The van der Waals surface area contributed by atoms with Gasteiger partial charge in [-0.25, -0.2) is 0 Å². The fraction of sp³-hybridized carbons (Fsp3) is 0.150. The Morgan fingerprint density at radius 2 is 1.77 bits per heavy atom. The standard InChI is InChI=1S/C20H18N2O3S/c1-13-9-14(2)19(22(24)25)11-18(13)21-20(23)12-26-17-8-7-15-5-3-4-6-16(15)10-17/h3-11H,12H2,1-2H3,(H,21,23). The number of hydrogen-bond donors (Lipinski definition) is 1. The van der Waals surface area contributed by atoms with Crippen LogP contribution in [-0.2, 0) is 4.79 Å². The molecule has 0 spiro atoms. The minimum atomic E-state index is -0.436. The fourth-order valence-electron chi connectivity index (χ4n) is 2.76. The molecule has 0 aliphatic heterocycles. The number of rotatable bonds is 5. The van der Waals surface area contributed by atoms with Crippen LogP contribution in [0.15, 0.2) is 59.5 Å². The molecule has 1 N–H and O–H groups in total. The monoisotopic (exact) mass is 366 g/mol. The lowest BCUT2D eigenvalue weighted by Crippen LogP contribution is -2.15. The molecule has 26 heavy (non-hydrogen) atoms. The highest BCUT2D eigenvalue weighted by Gasteiger charge is 2.15. The van der Waals surface area contributed by atoms with E-state index in [0.717, 1.165) is 21.2 Å². The molecule has 0 saturated carbocycles. The van der Waals surface area contributed by atoms with Crippen molar-refractivity contribution in [3.8, 4) is 0 Å². The number of nitro benzene ring substituents is 1. The second kappa shape index (κ2) is 7.58. The lowest BCUT2D eigenvalue weighted by molar-refractivity contribution is -0.385. The molecule has 3 aromatic carbocycles. The van der Waals surface area contributed by atoms with E-state index in [4.69, 9.17) is 0 Å². The van der Waals surface area contributed by atoms with Crippen molar-refractivity contribution in [3.05, 3.63) is 75.8 Å². The average Bonchev–Trinajstić information content (AvgIpc) is 2.61. The van der Waals surface area contributed by atoms with Crippen LogP contribution in [-0.4, -0.2) is 16.6 Å². The van der Waals surface area contributed by atoms with Crippen LogP contribution >= 0.6 is 11.8 Å². The maximum absolute atomic E-state index is 12.3. The zero-order chi connectivity index (χ0) is 18.7. The summed E-state index contributed by atoms with van der Waals surface area (Å²) < 4.78 is 0. The quantitative estimate of drug-likeness (QED) is 0.387. The van der Waals surface area contributed by atoms with E-state index in [0.29, 0.717) is 11.3 Å². The first kappa shape index (κ1) is 17.9. The number of nitrogens with zero attached hydrogens (tertiary/aromatic N) is 1. The number of nitro groups is 1. The molecule has 3 rings (SSSR count). The molecule has 132 valence electrons. The molecule has 0 heterocycles. The summed E-state index contributed by atoms with van der Waals surface area (Å²) >= 11 is 1.44. The molecule has 0 bridgehead atoms. The molecule has 5 nitrogen and oxygen atoms in total. The zero-order valence-electron chi connectivity index (χ0n) is 14.5. The predicted molar refractivity (Wildman–Crippen MR) is 106 cm³/mol. The van der Waals surface area contributed by atoms with Crippen molar-refractivity contribution in [2.24, 2.45) is 0 Å². The van der Waals surface area contributed by atoms with Crippen LogP contribution in [0, 0.1) is 24.0 Å². The molecule has 3 aromatic rings. The van der Waals surface area contributed by atoms with Gasteiger partial charge in [0.15, 0.2) is 0 Å². The number of aryl methyl sites for hydroxylation is 2. The van der Waals surface area contributed by atoms with Gasteiger partial charge in [-0.05, 0) is 48.4 Å². The van der Waals surface area contributed by atoms with Crippen LogP contribution in [0.2, 0.25) is 0 Å². The summed E-state index contributed by atoms with van der Waals surface area (Å²) in [4.78, 5) is 23.9. The van der Waals surface area contributed by atoms with Crippen molar-refractivity contribution in [1.29, 1.82) is 0 Å². The molecular weight excluding hydrogens is 348 g/mol. The van der Waals surface area contributed by atoms with Crippen molar-refractivity contribution < 1.29 is 9.72 Å². The number of anilines is 1. The second-order valence-electron chi connectivity index (χ2n) is 6.06. The van der Waals surface area contributed by atoms with Crippen molar-refractivity contribution in [2.45, 2.75) is 18.7 Å². The Hall–Kier alpha value is -2.86. The van der Waals surface area contributed by atoms with Gasteiger partial charge in [0.2, 0.25) is 5.91 Å². The Morgan fingerprint density at radius 3 is 2.50 bits per heavy atom. The van der Waals surface area contributed by atoms with Gasteiger partial charge in [0.25, 0.3) is 5.69 Å². The Labute approximate surface area is 155 Å². The summed E-state index contributed by atoms with van der Waals surface area (Å²) in [7, 11) is 0. The highest BCUT2D eigenvalue weighted by Crippen LogP contribution is 2.27. The molecule has 0 fully saturated rings. The zero-order valence-corrected chi connectivity index (χ0v) is 15.3. The minimum Gasteiger partial charge on any atom is -0.325 e. The molecule has 0 atom stereocenters. The van der Waals surface area contributed by atoms with Gasteiger partial charge in [-0.15, -0.1) is 11.8 Å². The van der Waals surface area contributed by atoms with Gasteiger partial charge in [0.1, 0.15) is 0 Å². The first-order chi connectivity index (χ1) is 12.4. The predicted octanol–water partition coefficient (Wildman–Crippen LogP) is 5.10. The molecule has 0 radical (unpaired) electrons. The summed E-state index contributed by atoms with van der Waals surface area (Å²) in [6, 6.07) is 17.3. The summed E-state index contributed by atoms with van der Waals surface area (Å²) in [5.74, 6) is 0.0452. The number of thioether (sulfide) groups is 1. The topological polar surface area (TPSA) is 72.2 Å². The van der Waals surface area contributed by atoms with E-state index in [1.54, 1.807) is 13.0 Å². The summed E-state index contributed by atoms with van der Waals surface area (Å²) in [6.07, 6.45) is 0. The van der Waals surface area contributed by atoms with Crippen LogP contribution in [0.3, 0.4) is 0 Å². The van der Waals surface area contributed by atoms with E-state index in [2.05, 4.69) is 11.4 Å². The number of carbonyl (C=O) groups is 1. The number of amides is 1. The summed E-state index contributed by atoms with van der Waals surface area (Å²) in [5, 5.41) is 16.1. The summed E-state index contributed by atoms with van der Waals surface area (Å²) in [5.41, 5.74) is 1.87. The van der Waals surface area contributed by atoms with Crippen molar-refractivity contribution in [3.63, 3.8) is 0 Å². The molecule has 0 aromatic heterocycles. The fourth-order valence-corrected chi connectivity index (χ4v) is 3.51. The molecule has 0 saturated heterocycles. The van der Waals surface area contributed by atoms with E-state index in [-0.39, 0.29) is 17.3 Å². The first-order valence-corrected chi connectivity index (χ1v) is 9.09. The third-order valence-electron chi connectivity index (χ3n) is 4.10. The molecular formula is C20H18N2O3S. The van der Waals surface area contributed by atoms with Gasteiger partial charge in [-0.2, -0.15) is 0 Å². The average molecular weight is 366 g/mol. The van der Waals surface area contributed by atoms with E-state index in [1.165, 1.54) is 17.8 Å². The Kier molecular flexibility index (Phi) is 5.23. The Morgan fingerprint density at radius 1 is 1.04 bits per heavy atom. The first-order valence-electron chi connectivity index (χ1n) is 8.11. The normalized spacial score (nSPS) is 10.7. The van der Waals surface area contributed by atoms with Crippen LogP contribution in [0.25, 0.3) is 10.8 Å². The van der Waals surface area contributed by atoms with Gasteiger partial charge in [0, 0.05) is 16.5 Å². The van der Waals surface area contributed by atoms with Gasteiger partial charge in [-0.1, -0.05) is 30.3 Å². The van der Waals surface area contributed by atoms with Crippen molar-refractivity contribution >= 4 is 39.8 Å². The van der Waals surface area contributed by atoms with Crippen LogP contribution < -0.4 is 5.32 Å². The lowest BCUT2D eigenvalue weighted by atomic mass is 10.1. The summed E-state index contributed by atoms with van der Waals surface area (Å²) in [6.45, 7) is 3.51. The maximum atomic E-state index is 12.3. The highest BCUT2D eigenvalue weighted by molar-refractivity contribution is 8.00. The number of benzene rings is 3. The second-order valence-corrected chi connectivity index (χ2v) is 7.11. The van der Waals surface area contributed by atoms with E-state index >= 15 is 0 Å². The van der Waals surface area contributed by atoms with E-state index in [9.17, 15) is 14.9 Å². The van der Waals surface area contributed by atoms with Crippen molar-refractivity contribution in [2.75, 3.05) is 11.1 Å². The highest BCUT2D eigenvalue weighted by atomic mass is 32.2. The number of hydrogen-bond acceptors (Lipinski definition) is 4. The smallest absolute Gasteiger partial charge is 0.274 e. The molecule has 6 heteroatoms. The van der Waals surface area contributed by atoms with E-state index < -0.39 is 4.92 Å². The maximum Gasteiger partial charge on any atom is 0.274 e. The van der Waals surface area contributed by atoms with Gasteiger partial charge in [0.05, 0.1) is 16.4 Å². The SMILES string of the molecule is Cc1cc(C)c([N+](=O)[O-])cc1NC(=O)CSc1ccc2ccccc2c1. The van der Waals surface area contributed by atoms with E-state index in [1.807, 2.05) is 43.3 Å². The van der Waals surface area contributed by atoms with Gasteiger partial charge >= 0.3 is 0 Å². The number of nitrogens with one attached hydrogen (secondary N) is 1. The lowest BCUT2D eigenvalue weighted by Gasteiger charge is -2.10. The molecule has 1 amide bonds. The molecule has 0 aliphatic carbocycles. The Bertz CT molecular complexity index is 1000. The van der Waals surface area contributed by atoms with Crippen LogP contribution in [0.4, 0.5) is 11.4 Å². The molecule has 0 unspecified atom stereocenters. The number of fused-ring (bicyclic) bond motifs is 1. The third kappa shape index (κ3) is 4.03. The Balaban J connectivity index is 1.68. The van der Waals surface area contributed by atoms with Crippen LogP contribution in [0.5, 0.6) is 0 Å². The minimum absolute atomic E-state index is 0.00748.